The number of nitrogens with zero attached hydrogens (tertiary/aromatic N) is 2. The van der Waals surface area contributed by atoms with Gasteiger partial charge in [-0.3, -0.25) is 4.79 Å². The first-order chi connectivity index (χ1) is 11.3. The molecule has 122 valence electrons. The number of carbonyl (C=O) groups is 1. The van der Waals surface area contributed by atoms with Crippen molar-refractivity contribution in [2.24, 2.45) is 0 Å². The van der Waals surface area contributed by atoms with Crippen molar-refractivity contribution >= 4 is 5.91 Å². The zero-order valence-electron chi connectivity index (χ0n) is 13.3. The van der Waals surface area contributed by atoms with Crippen LogP contribution in [-0.2, 0) is 17.6 Å². The van der Waals surface area contributed by atoms with E-state index in [1.165, 1.54) is 5.56 Å². The van der Waals surface area contributed by atoms with Gasteiger partial charge < -0.3 is 15.2 Å². The first-order valence-electron chi connectivity index (χ1n) is 8.19. The van der Waals surface area contributed by atoms with Crippen molar-refractivity contribution in [3.8, 4) is 11.4 Å². The Morgan fingerprint density at radius 1 is 1.39 bits per heavy atom. The minimum Gasteiger partial charge on any atom is -0.354 e. The lowest BCUT2D eigenvalue weighted by Crippen LogP contribution is -2.41. The van der Waals surface area contributed by atoms with Gasteiger partial charge in [0.05, 0.1) is 6.04 Å². The van der Waals surface area contributed by atoms with Crippen LogP contribution >= 0.6 is 0 Å². The third-order valence-corrected chi connectivity index (χ3v) is 4.10. The summed E-state index contributed by atoms with van der Waals surface area (Å²) >= 11 is 0. The van der Waals surface area contributed by atoms with E-state index in [0.29, 0.717) is 24.7 Å². The first-order valence-corrected chi connectivity index (χ1v) is 8.19. The van der Waals surface area contributed by atoms with Crippen LogP contribution in [0.2, 0.25) is 0 Å². The highest BCUT2D eigenvalue weighted by atomic mass is 16.5. The molecule has 2 N–H and O–H groups in total. The Morgan fingerprint density at radius 2 is 2.22 bits per heavy atom. The summed E-state index contributed by atoms with van der Waals surface area (Å²) in [6, 6.07) is 8.09. The molecule has 1 unspecified atom stereocenters. The molecule has 1 atom stereocenters. The Kier molecular flexibility index (Phi) is 5.02. The zero-order chi connectivity index (χ0) is 16.1. The Labute approximate surface area is 135 Å². The number of aryl methyl sites for hydroxylation is 1. The van der Waals surface area contributed by atoms with Crippen LogP contribution in [0.4, 0.5) is 0 Å². The monoisotopic (exact) mass is 314 g/mol. The van der Waals surface area contributed by atoms with Gasteiger partial charge in [0.25, 0.3) is 0 Å². The fraction of sp³-hybridized carbons (Fsp3) is 0.471. The SMILES string of the molecule is CCc1ccc(-c2noc(CCNC(=O)C3CCCN3)n2)cc1. The van der Waals surface area contributed by atoms with E-state index in [1.54, 1.807) is 0 Å². The van der Waals surface area contributed by atoms with Crippen molar-refractivity contribution in [2.45, 2.75) is 38.6 Å². The second-order valence-electron chi connectivity index (χ2n) is 5.75. The average molecular weight is 314 g/mol. The zero-order valence-corrected chi connectivity index (χ0v) is 13.3. The quantitative estimate of drug-likeness (QED) is 0.848. The van der Waals surface area contributed by atoms with Crippen LogP contribution < -0.4 is 10.6 Å². The lowest BCUT2D eigenvalue weighted by molar-refractivity contribution is -0.122. The summed E-state index contributed by atoms with van der Waals surface area (Å²) in [4.78, 5) is 16.3. The molecule has 1 fully saturated rings. The summed E-state index contributed by atoms with van der Waals surface area (Å²) in [5.74, 6) is 1.18. The van der Waals surface area contributed by atoms with Gasteiger partial charge in [0, 0.05) is 18.5 Å². The van der Waals surface area contributed by atoms with Crippen molar-refractivity contribution in [1.29, 1.82) is 0 Å². The molecule has 23 heavy (non-hydrogen) atoms. The van der Waals surface area contributed by atoms with Crippen molar-refractivity contribution in [1.82, 2.24) is 20.8 Å². The summed E-state index contributed by atoms with van der Waals surface area (Å²) in [5, 5.41) is 10.1. The summed E-state index contributed by atoms with van der Waals surface area (Å²) in [6.07, 6.45) is 3.51. The number of benzene rings is 1. The molecular weight excluding hydrogens is 292 g/mol. The van der Waals surface area contributed by atoms with Crippen LogP contribution in [-0.4, -0.2) is 35.2 Å². The maximum absolute atomic E-state index is 11.9. The summed E-state index contributed by atoms with van der Waals surface area (Å²) < 4.78 is 5.25. The van der Waals surface area contributed by atoms with Gasteiger partial charge in [-0.1, -0.05) is 36.3 Å². The average Bonchev–Trinajstić information content (AvgIpc) is 3.27. The topological polar surface area (TPSA) is 80.0 Å². The predicted molar refractivity (Wildman–Crippen MR) is 86.9 cm³/mol. The van der Waals surface area contributed by atoms with Gasteiger partial charge in [-0.2, -0.15) is 4.98 Å². The molecule has 1 aliphatic heterocycles. The molecule has 2 heterocycles. The Morgan fingerprint density at radius 3 is 2.91 bits per heavy atom. The number of rotatable bonds is 6. The lowest BCUT2D eigenvalue weighted by atomic mass is 10.1. The van der Waals surface area contributed by atoms with Crippen LogP contribution in [0.25, 0.3) is 11.4 Å². The Bertz CT molecular complexity index is 645. The van der Waals surface area contributed by atoms with Gasteiger partial charge in [-0.15, -0.1) is 0 Å². The van der Waals surface area contributed by atoms with Crippen molar-refractivity contribution in [3.05, 3.63) is 35.7 Å². The third-order valence-electron chi connectivity index (χ3n) is 4.10. The molecule has 2 aromatic rings. The maximum Gasteiger partial charge on any atom is 0.237 e. The standard InChI is InChI=1S/C17H22N4O2/c1-2-12-5-7-13(8-6-12)16-20-15(23-21-16)9-11-19-17(22)14-4-3-10-18-14/h5-8,14,18H,2-4,9-11H2,1H3,(H,19,22). The fourth-order valence-corrected chi connectivity index (χ4v) is 2.69. The fourth-order valence-electron chi connectivity index (χ4n) is 2.69. The van der Waals surface area contributed by atoms with Gasteiger partial charge in [-0.05, 0) is 31.4 Å². The summed E-state index contributed by atoms with van der Waals surface area (Å²) in [5.41, 5.74) is 2.22. The van der Waals surface area contributed by atoms with Crippen molar-refractivity contribution in [2.75, 3.05) is 13.1 Å². The number of carbonyl (C=O) groups excluding carboxylic acids is 1. The molecule has 1 aromatic heterocycles. The second kappa shape index (κ2) is 7.37. The second-order valence-corrected chi connectivity index (χ2v) is 5.75. The normalized spacial score (nSPS) is 17.3. The van der Waals surface area contributed by atoms with E-state index in [0.717, 1.165) is 31.4 Å². The van der Waals surface area contributed by atoms with Crippen LogP contribution in [0.5, 0.6) is 0 Å². The summed E-state index contributed by atoms with van der Waals surface area (Å²) in [6.45, 7) is 3.55. The number of amides is 1. The van der Waals surface area contributed by atoms with Crippen LogP contribution in [0.1, 0.15) is 31.2 Å². The first kappa shape index (κ1) is 15.7. The molecule has 1 aliphatic rings. The molecule has 0 aliphatic carbocycles. The highest BCUT2D eigenvalue weighted by Gasteiger charge is 2.21. The van der Waals surface area contributed by atoms with Gasteiger partial charge in [0.2, 0.25) is 17.6 Å². The molecule has 0 spiro atoms. The molecule has 0 radical (unpaired) electrons. The van der Waals surface area contributed by atoms with Crippen LogP contribution in [0.3, 0.4) is 0 Å². The predicted octanol–water partition coefficient (Wildman–Crippen LogP) is 1.71. The molecule has 0 saturated carbocycles. The van der Waals surface area contributed by atoms with Crippen LogP contribution in [0.15, 0.2) is 28.8 Å². The van der Waals surface area contributed by atoms with Gasteiger partial charge in [0.1, 0.15) is 0 Å². The van der Waals surface area contributed by atoms with Gasteiger partial charge in [-0.25, -0.2) is 0 Å². The highest BCUT2D eigenvalue weighted by molar-refractivity contribution is 5.81. The van der Waals surface area contributed by atoms with Gasteiger partial charge >= 0.3 is 0 Å². The van der Waals surface area contributed by atoms with E-state index in [1.807, 2.05) is 12.1 Å². The van der Waals surface area contributed by atoms with E-state index in [4.69, 9.17) is 4.52 Å². The molecule has 6 heteroatoms. The molecule has 1 amide bonds. The van der Waals surface area contributed by atoms with E-state index in [2.05, 4.69) is 39.8 Å². The Hall–Kier alpha value is -2.21. The molecular formula is C17H22N4O2. The minimum atomic E-state index is -0.0506. The van der Waals surface area contributed by atoms with Crippen molar-refractivity contribution in [3.63, 3.8) is 0 Å². The number of hydrogen-bond donors (Lipinski definition) is 2. The minimum absolute atomic E-state index is 0.0506. The van der Waals surface area contributed by atoms with E-state index in [9.17, 15) is 4.79 Å². The number of hydrogen-bond acceptors (Lipinski definition) is 5. The Balaban J connectivity index is 1.51. The van der Waals surface area contributed by atoms with E-state index >= 15 is 0 Å². The van der Waals surface area contributed by atoms with Crippen molar-refractivity contribution < 1.29 is 9.32 Å². The molecule has 1 aromatic carbocycles. The molecule has 6 nitrogen and oxygen atoms in total. The molecule has 3 rings (SSSR count). The van der Waals surface area contributed by atoms with Crippen LogP contribution in [0, 0.1) is 0 Å². The highest BCUT2D eigenvalue weighted by Crippen LogP contribution is 2.17. The smallest absolute Gasteiger partial charge is 0.237 e. The maximum atomic E-state index is 11.9. The van der Waals surface area contributed by atoms with E-state index in [-0.39, 0.29) is 11.9 Å². The molecule has 1 saturated heterocycles. The summed E-state index contributed by atoms with van der Waals surface area (Å²) in [7, 11) is 0. The van der Waals surface area contributed by atoms with E-state index < -0.39 is 0 Å². The third kappa shape index (κ3) is 3.96. The number of nitrogens with one attached hydrogen (secondary N) is 2. The largest absolute Gasteiger partial charge is 0.354 e. The number of aromatic nitrogens is 2. The van der Waals surface area contributed by atoms with Gasteiger partial charge in [0.15, 0.2) is 0 Å². The lowest BCUT2D eigenvalue weighted by Gasteiger charge is -2.09. The molecule has 0 bridgehead atoms.